The third-order valence-corrected chi connectivity index (χ3v) is 3.40. The minimum atomic E-state index is -1.02. The van der Waals surface area contributed by atoms with Crippen LogP contribution in [0.5, 0.6) is 0 Å². The van der Waals surface area contributed by atoms with Crippen molar-refractivity contribution in [3.8, 4) is 11.3 Å². The van der Waals surface area contributed by atoms with E-state index in [0.29, 0.717) is 23.0 Å². The Hall–Kier alpha value is -3.09. The number of aryl methyl sites for hydroxylation is 2. The van der Waals surface area contributed by atoms with Crippen LogP contribution in [0.15, 0.2) is 41.1 Å². The van der Waals surface area contributed by atoms with Gasteiger partial charge in [-0.2, -0.15) is 0 Å². The van der Waals surface area contributed by atoms with E-state index in [1.54, 1.807) is 38.1 Å². The second kappa shape index (κ2) is 6.19. The number of amides is 1. The van der Waals surface area contributed by atoms with Crippen LogP contribution in [-0.2, 0) is 0 Å². The first-order valence-electron chi connectivity index (χ1n) is 7.10. The first kappa shape index (κ1) is 15.8. The van der Waals surface area contributed by atoms with Gasteiger partial charge in [-0.15, -0.1) is 0 Å². The Morgan fingerprint density at radius 2 is 1.71 bits per heavy atom. The Kier molecular flexibility index (Phi) is 4.07. The van der Waals surface area contributed by atoms with Crippen LogP contribution in [0, 0.1) is 25.5 Å². The number of nitrogens with one attached hydrogen (secondary N) is 1. The molecule has 0 bridgehead atoms. The largest absolute Gasteiger partial charge is 0.446 e. The fourth-order valence-electron chi connectivity index (χ4n) is 2.33. The number of benzene rings is 1. The van der Waals surface area contributed by atoms with Crippen LogP contribution >= 0.6 is 0 Å². The van der Waals surface area contributed by atoms with Gasteiger partial charge in [0.1, 0.15) is 17.0 Å². The molecule has 0 saturated carbocycles. The van der Waals surface area contributed by atoms with Crippen molar-refractivity contribution in [2.24, 2.45) is 0 Å². The Labute approximate surface area is 136 Å². The van der Waals surface area contributed by atoms with Crippen molar-refractivity contribution >= 4 is 11.6 Å². The van der Waals surface area contributed by atoms with Crippen LogP contribution < -0.4 is 5.32 Å². The lowest BCUT2D eigenvalue weighted by atomic mass is 10.1. The SMILES string of the molecule is Cc1nc(-c2ccc(NC(=O)c3c(F)cncc3F)cc2)c(C)o1. The summed E-state index contributed by atoms with van der Waals surface area (Å²) in [4.78, 5) is 19.6. The summed E-state index contributed by atoms with van der Waals surface area (Å²) < 4.78 is 32.5. The summed E-state index contributed by atoms with van der Waals surface area (Å²) in [5.74, 6) is -1.67. The van der Waals surface area contributed by atoms with Crippen molar-refractivity contribution in [1.82, 2.24) is 9.97 Å². The smallest absolute Gasteiger partial charge is 0.261 e. The van der Waals surface area contributed by atoms with Crippen LogP contribution in [0.1, 0.15) is 22.0 Å². The summed E-state index contributed by atoms with van der Waals surface area (Å²) in [7, 11) is 0. The van der Waals surface area contributed by atoms with Gasteiger partial charge in [0.05, 0.1) is 12.4 Å². The fourth-order valence-corrected chi connectivity index (χ4v) is 2.33. The molecule has 1 N–H and O–H groups in total. The minimum Gasteiger partial charge on any atom is -0.446 e. The number of nitrogens with zero attached hydrogens (tertiary/aromatic N) is 2. The molecule has 3 rings (SSSR count). The fraction of sp³-hybridized carbons (Fsp3) is 0.118. The molecule has 2 aromatic heterocycles. The lowest BCUT2D eigenvalue weighted by molar-refractivity contribution is 0.101. The second-order valence-corrected chi connectivity index (χ2v) is 5.15. The van der Waals surface area contributed by atoms with Gasteiger partial charge in [0, 0.05) is 18.2 Å². The molecule has 0 aliphatic carbocycles. The van der Waals surface area contributed by atoms with Gasteiger partial charge in [0.25, 0.3) is 5.91 Å². The summed E-state index contributed by atoms with van der Waals surface area (Å²) >= 11 is 0. The van der Waals surface area contributed by atoms with Crippen molar-refractivity contribution in [1.29, 1.82) is 0 Å². The van der Waals surface area contributed by atoms with E-state index in [9.17, 15) is 13.6 Å². The van der Waals surface area contributed by atoms with E-state index in [1.165, 1.54) is 0 Å². The molecule has 5 nitrogen and oxygen atoms in total. The zero-order valence-electron chi connectivity index (χ0n) is 12.9. The number of pyridine rings is 1. The number of hydrogen-bond donors (Lipinski definition) is 1. The van der Waals surface area contributed by atoms with E-state index in [0.717, 1.165) is 18.0 Å². The summed E-state index contributed by atoms with van der Waals surface area (Å²) in [6.07, 6.45) is 1.58. The molecule has 0 atom stereocenters. The highest BCUT2D eigenvalue weighted by Crippen LogP contribution is 2.25. The second-order valence-electron chi connectivity index (χ2n) is 5.15. The highest BCUT2D eigenvalue weighted by atomic mass is 19.1. The maximum atomic E-state index is 13.6. The number of anilines is 1. The number of carbonyl (C=O) groups excluding carboxylic acids is 1. The molecule has 7 heteroatoms. The standard InChI is InChI=1S/C17H13F2N3O2/c1-9-16(21-10(2)24-9)11-3-5-12(6-4-11)22-17(23)15-13(18)7-20-8-14(15)19/h3-8H,1-2H3,(H,22,23). The predicted octanol–water partition coefficient (Wildman–Crippen LogP) is 3.88. The molecular formula is C17H13F2N3O2. The third-order valence-electron chi connectivity index (χ3n) is 3.40. The predicted molar refractivity (Wildman–Crippen MR) is 83.5 cm³/mol. The molecule has 0 radical (unpaired) electrons. The number of carbonyl (C=O) groups is 1. The molecular weight excluding hydrogens is 316 g/mol. The number of rotatable bonds is 3. The van der Waals surface area contributed by atoms with E-state index < -0.39 is 23.1 Å². The molecule has 0 fully saturated rings. The van der Waals surface area contributed by atoms with Gasteiger partial charge >= 0.3 is 0 Å². The van der Waals surface area contributed by atoms with Gasteiger partial charge in [0.2, 0.25) is 0 Å². The number of hydrogen-bond acceptors (Lipinski definition) is 4. The van der Waals surface area contributed by atoms with Crippen molar-refractivity contribution in [3.63, 3.8) is 0 Å². The van der Waals surface area contributed by atoms with E-state index >= 15 is 0 Å². The molecule has 0 saturated heterocycles. The van der Waals surface area contributed by atoms with Gasteiger partial charge in [-0.1, -0.05) is 12.1 Å². The Morgan fingerprint density at radius 1 is 1.08 bits per heavy atom. The van der Waals surface area contributed by atoms with E-state index in [1.807, 2.05) is 0 Å². The van der Waals surface area contributed by atoms with Crippen molar-refractivity contribution in [3.05, 3.63) is 65.5 Å². The Bertz CT molecular complexity index is 884. The molecule has 122 valence electrons. The van der Waals surface area contributed by atoms with Crippen molar-refractivity contribution < 1.29 is 18.0 Å². The Morgan fingerprint density at radius 3 is 2.25 bits per heavy atom. The third kappa shape index (κ3) is 3.01. The summed E-state index contributed by atoms with van der Waals surface area (Å²) in [5.41, 5.74) is 1.24. The quantitative estimate of drug-likeness (QED) is 0.792. The first-order chi connectivity index (χ1) is 11.5. The number of aromatic nitrogens is 2. The lowest BCUT2D eigenvalue weighted by Gasteiger charge is -2.07. The topological polar surface area (TPSA) is 68.0 Å². The monoisotopic (exact) mass is 329 g/mol. The van der Waals surface area contributed by atoms with E-state index in [-0.39, 0.29) is 0 Å². The van der Waals surface area contributed by atoms with Gasteiger partial charge in [-0.05, 0) is 19.1 Å². The van der Waals surface area contributed by atoms with Gasteiger partial charge in [0.15, 0.2) is 17.5 Å². The van der Waals surface area contributed by atoms with Crippen LogP contribution in [0.2, 0.25) is 0 Å². The highest BCUT2D eigenvalue weighted by Gasteiger charge is 2.18. The molecule has 3 aromatic rings. The number of oxazole rings is 1. The maximum Gasteiger partial charge on any atom is 0.261 e. The minimum absolute atomic E-state index is 0.400. The normalized spacial score (nSPS) is 10.7. The zero-order chi connectivity index (χ0) is 17.3. The summed E-state index contributed by atoms with van der Waals surface area (Å²) in [6.45, 7) is 3.56. The molecule has 2 heterocycles. The van der Waals surface area contributed by atoms with Gasteiger partial charge < -0.3 is 9.73 Å². The van der Waals surface area contributed by atoms with Crippen LogP contribution in [0.4, 0.5) is 14.5 Å². The molecule has 1 amide bonds. The molecule has 0 spiro atoms. The average molecular weight is 329 g/mol. The molecule has 24 heavy (non-hydrogen) atoms. The molecule has 0 aliphatic heterocycles. The zero-order valence-corrected chi connectivity index (χ0v) is 12.9. The van der Waals surface area contributed by atoms with Crippen LogP contribution in [0.25, 0.3) is 11.3 Å². The van der Waals surface area contributed by atoms with Crippen molar-refractivity contribution in [2.75, 3.05) is 5.32 Å². The first-order valence-corrected chi connectivity index (χ1v) is 7.10. The van der Waals surface area contributed by atoms with Gasteiger partial charge in [-0.3, -0.25) is 9.78 Å². The molecule has 0 aliphatic rings. The van der Waals surface area contributed by atoms with Crippen molar-refractivity contribution in [2.45, 2.75) is 13.8 Å². The van der Waals surface area contributed by atoms with Gasteiger partial charge in [-0.25, -0.2) is 13.8 Å². The molecule has 1 aromatic carbocycles. The molecule has 0 unspecified atom stereocenters. The van der Waals surface area contributed by atoms with Crippen LogP contribution in [-0.4, -0.2) is 15.9 Å². The highest BCUT2D eigenvalue weighted by molar-refractivity contribution is 6.04. The lowest BCUT2D eigenvalue weighted by Crippen LogP contribution is -2.16. The maximum absolute atomic E-state index is 13.6. The Balaban J connectivity index is 1.82. The average Bonchev–Trinajstić information content (AvgIpc) is 2.86. The number of halogens is 2. The van der Waals surface area contributed by atoms with E-state index in [4.69, 9.17) is 4.42 Å². The summed E-state index contributed by atoms with van der Waals surface area (Å²) in [6, 6.07) is 6.71. The summed E-state index contributed by atoms with van der Waals surface area (Å²) in [5, 5.41) is 2.45. The van der Waals surface area contributed by atoms with E-state index in [2.05, 4.69) is 15.3 Å². The van der Waals surface area contributed by atoms with Crippen LogP contribution in [0.3, 0.4) is 0 Å².